The van der Waals surface area contributed by atoms with E-state index in [0.717, 1.165) is 47.4 Å². The maximum absolute atomic E-state index is 13.9. The van der Waals surface area contributed by atoms with Crippen molar-refractivity contribution in [1.82, 2.24) is 9.80 Å². The molecule has 0 radical (unpaired) electrons. The number of rotatable bonds is 11. The molecule has 1 heterocycles. The number of urea groups is 1. The van der Waals surface area contributed by atoms with Crippen molar-refractivity contribution in [2.75, 3.05) is 32.6 Å². The fourth-order valence-electron chi connectivity index (χ4n) is 5.27. The maximum atomic E-state index is 13.9. The van der Waals surface area contributed by atoms with Gasteiger partial charge in [0.15, 0.2) is 11.5 Å². The number of carbonyl (C=O) groups is 2. The van der Waals surface area contributed by atoms with Gasteiger partial charge in [0.2, 0.25) is 5.91 Å². The third-order valence-corrected chi connectivity index (χ3v) is 8.45. The van der Waals surface area contributed by atoms with Crippen molar-refractivity contribution in [3.05, 3.63) is 75.5 Å². The van der Waals surface area contributed by atoms with Gasteiger partial charge in [-0.3, -0.25) is 4.79 Å². The van der Waals surface area contributed by atoms with Gasteiger partial charge < -0.3 is 24.6 Å². The normalized spacial score (nSPS) is 13.5. The van der Waals surface area contributed by atoms with Crippen molar-refractivity contribution in [3.63, 3.8) is 0 Å². The first-order valence-corrected chi connectivity index (χ1v) is 14.9. The van der Waals surface area contributed by atoms with Crippen molar-refractivity contribution in [2.45, 2.75) is 65.0 Å². The third-order valence-electron chi connectivity index (χ3n) is 7.47. The molecule has 0 atom stereocenters. The Hall–Kier alpha value is -3.52. The fourth-order valence-corrected chi connectivity index (χ4v) is 6.18. The summed E-state index contributed by atoms with van der Waals surface area (Å²) in [6.07, 6.45) is 5.83. The molecule has 0 spiro atoms. The minimum atomic E-state index is -0.211. The molecule has 8 heteroatoms. The number of aryl methyl sites for hydroxylation is 2. The molecule has 7 nitrogen and oxygen atoms in total. The van der Waals surface area contributed by atoms with E-state index in [1.54, 1.807) is 30.5 Å². The summed E-state index contributed by atoms with van der Waals surface area (Å²) in [5, 5.41) is 3.05. The molecule has 1 aliphatic rings. The van der Waals surface area contributed by atoms with Gasteiger partial charge in [-0.2, -0.15) is 0 Å². The fraction of sp³-hybridized carbons (Fsp3) is 0.438. The summed E-state index contributed by atoms with van der Waals surface area (Å²) in [6, 6.07) is 17.6. The van der Waals surface area contributed by atoms with Crippen LogP contribution < -0.4 is 14.8 Å². The van der Waals surface area contributed by atoms with Crippen molar-refractivity contribution in [3.8, 4) is 11.5 Å². The lowest BCUT2D eigenvalue weighted by Gasteiger charge is -2.35. The molecular weight excluding hydrogens is 522 g/mol. The number of nitrogens with zero attached hydrogens (tertiary/aromatic N) is 2. The molecule has 0 bridgehead atoms. The van der Waals surface area contributed by atoms with E-state index in [2.05, 4.69) is 24.4 Å². The first-order valence-electron chi connectivity index (χ1n) is 14.0. The summed E-state index contributed by atoms with van der Waals surface area (Å²) in [6.45, 7) is 5.18. The molecule has 1 aliphatic carbocycles. The van der Waals surface area contributed by atoms with E-state index in [9.17, 15) is 9.59 Å². The molecule has 0 aliphatic heterocycles. The highest BCUT2D eigenvalue weighted by molar-refractivity contribution is 7.11. The lowest BCUT2D eigenvalue weighted by Crippen LogP contribution is -2.49. The SMILES string of the molecule is COc1ccc(CCN(Cc2ccc(C)s2)C(=O)CN(C(=O)Nc2cccc(C)c2)C2CCCCC2)cc1OC. The number of anilines is 1. The summed E-state index contributed by atoms with van der Waals surface area (Å²) in [4.78, 5) is 33.5. The van der Waals surface area contributed by atoms with E-state index in [0.29, 0.717) is 31.0 Å². The van der Waals surface area contributed by atoms with Crippen LogP contribution in [-0.2, 0) is 17.8 Å². The van der Waals surface area contributed by atoms with Gasteiger partial charge >= 0.3 is 6.03 Å². The van der Waals surface area contributed by atoms with E-state index in [1.807, 2.05) is 54.3 Å². The molecular formula is C32H41N3O4S. The van der Waals surface area contributed by atoms with Gasteiger partial charge in [-0.1, -0.05) is 37.5 Å². The van der Waals surface area contributed by atoms with Gasteiger partial charge in [-0.25, -0.2) is 4.79 Å². The topological polar surface area (TPSA) is 71.1 Å². The molecule has 4 rings (SSSR count). The van der Waals surface area contributed by atoms with Gasteiger partial charge in [0.1, 0.15) is 6.54 Å². The van der Waals surface area contributed by atoms with Crippen LogP contribution >= 0.6 is 11.3 Å². The zero-order valence-electron chi connectivity index (χ0n) is 24.1. The van der Waals surface area contributed by atoms with Crippen LogP contribution in [0.5, 0.6) is 11.5 Å². The highest BCUT2D eigenvalue weighted by Crippen LogP contribution is 2.28. The second kappa shape index (κ2) is 14.2. The Kier molecular flexibility index (Phi) is 10.5. The maximum Gasteiger partial charge on any atom is 0.322 e. The van der Waals surface area contributed by atoms with Crippen LogP contribution in [0, 0.1) is 13.8 Å². The number of thiophene rings is 1. The van der Waals surface area contributed by atoms with E-state index in [-0.39, 0.29) is 24.5 Å². The minimum absolute atomic E-state index is 0.0449. The molecule has 1 N–H and O–H groups in total. The number of amides is 3. The van der Waals surface area contributed by atoms with Gasteiger partial charge in [0.05, 0.1) is 20.8 Å². The van der Waals surface area contributed by atoms with Gasteiger partial charge in [-0.15, -0.1) is 11.3 Å². The number of benzene rings is 2. The second-order valence-electron chi connectivity index (χ2n) is 10.5. The van der Waals surface area contributed by atoms with Crippen LogP contribution in [0.3, 0.4) is 0 Å². The Bertz CT molecular complexity index is 1280. The van der Waals surface area contributed by atoms with Gasteiger partial charge in [-0.05, 0) is 80.6 Å². The van der Waals surface area contributed by atoms with Crippen LogP contribution in [0.4, 0.5) is 10.5 Å². The molecule has 0 unspecified atom stereocenters. The highest BCUT2D eigenvalue weighted by atomic mass is 32.1. The Morgan fingerprint density at radius 2 is 1.73 bits per heavy atom. The van der Waals surface area contributed by atoms with Crippen molar-refractivity contribution in [2.24, 2.45) is 0 Å². The van der Waals surface area contributed by atoms with E-state index < -0.39 is 0 Å². The molecule has 3 aromatic rings. The van der Waals surface area contributed by atoms with Crippen LogP contribution in [0.1, 0.15) is 53.0 Å². The zero-order chi connectivity index (χ0) is 28.5. The standard InChI is InChI=1S/C32H41N3O4S/c1-23-9-8-10-26(19-23)33-32(37)35(27-11-6-5-7-12-27)22-31(36)34(21-28-15-13-24(2)40-28)18-17-25-14-16-29(38-3)30(20-25)39-4/h8-10,13-16,19-20,27H,5-7,11-12,17-18,21-22H2,1-4H3,(H,33,37). The lowest BCUT2D eigenvalue weighted by molar-refractivity contribution is -0.132. The Morgan fingerprint density at radius 3 is 2.40 bits per heavy atom. The van der Waals surface area contributed by atoms with Crippen LogP contribution in [-0.4, -0.2) is 55.1 Å². The summed E-state index contributed by atoms with van der Waals surface area (Å²) in [5.41, 5.74) is 2.88. The second-order valence-corrected chi connectivity index (χ2v) is 11.9. The molecule has 40 heavy (non-hydrogen) atoms. The van der Waals surface area contributed by atoms with E-state index >= 15 is 0 Å². The largest absolute Gasteiger partial charge is 0.493 e. The van der Waals surface area contributed by atoms with Gasteiger partial charge in [0.25, 0.3) is 0 Å². The molecule has 2 aromatic carbocycles. The van der Waals surface area contributed by atoms with Crippen molar-refractivity contribution in [1.29, 1.82) is 0 Å². The van der Waals surface area contributed by atoms with Crippen molar-refractivity contribution < 1.29 is 19.1 Å². The van der Waals surface area contributed by atoms with E-state index in [4.69, 9.17) is 9.47 Å². The summed E-state index contributed by atoms with van der Waals surface area (Å²) in [5.74, 6) is 1.30. The first kappa shape index (κ1) is 29.5. The number of methoxy groups -OCH3 is 2. The summed E-state index contributed by atoms with van der Waals surface area (Å²) >= 11 is 1.70. The minimum Gasteiger partial charge on any atom is -0.493 e. The average molecular weight is 564 g/mol. The third kappa shape index (κ3) is 8.01. The van der Waals surface area contributed by atoms with Gasteiger partial charge in [0, 0.05) is 28.0 Å². The predicted octanol–water partition coefficient (Wildman–Crippen LogP) is 6.82. The molecule has 1 saturated carbocycles. The number of ether oxygens (including phenoxy) is 2. The number of carbonyl (C=O) groups excluding carboxylic acids is 2. The number of hydrogen-bond acceptors (Lipinski definition) is 5. The van der Waals surface area contributed by atoms with Crippen LogP contribution in [0.2, 0.25) is 0 Å². The smallest absolute Gasteiger partial charge is 0.322 e. The van der Waals surface area contributed by atoms with Crippen LogP contribution in [0.15, 0.2) is 54.6 Å². The average Bonchev–Trinajstić information content (AvgIpc) is 3.38. The predicted molar refractivity (Wildman–Crippen MR) is 161 cm³/mol. The van der Waals surface area contributed by atoms with Crippen LogP contribution in [0.25, 0.3) is 0 Å². The molecule has 1 aromatic heterocycles. The molecule has 0 saturated heterocycles. The summed E-state index contributed by atoms with van der Waals surface area (Å²) < 4.78 is 10.9. The number of nitrogens with one attached hydrogen (secondary N) is 1. The monoisotopic (exact) mass is 563 g/mol. The Balaban J connectivity index is 1.53. The lowest BCUT2D eigenvalue weighted by atomic mass is 9.94. The number of hydrogen-bond donors (Lipinski definition) is 1. The summed E-state index contributed by atoms with van der Waals surface area (Å²) in [7, 11) is 3.24. The molecule has 3 amide bonds. The highest BCUT2D eigenvalue weighted by Gasteiger charge is 2.29. The Morgan fingerprint density at radius 1 is 0.950 bits per heavy atom. The Labute approximate surface area is 242 Å². The molecule has 214 valence electrons. The quantitative estimate of drug-likeness (QED) is 0.278. The first-order chi connectivity index (χ1) is 19.4. The van der Waals surface area contributed by atoms with E-state index in [1.165, 1.54) is 11.3 Å². The molecule has 1 fully saturated rings. The zero-order valence-corrected chi connectivity index (χ0v) is 24.9. The van der Waals surface area contributed by atoms with Crippen molar-refractivity contribution >= 4 is 29.0 Å².